The molecular weight excluding hydrogens is 323 g/mol. The van der Waals surface area contributed by atoms with Crippen LogP contribution in [0, 0.1) is 5.82 Å². The van der Waals surface area contributed by atoms with Gasteiger partial charge in [-0.15, -0.1) is 6.58 Å². The molecule has 0 bridgehead atoms. The zero-order valence-electron chi connectivity index (χ0n) is 14.3. The third-order valence-electron chi connectivity index (χ3n) is 4.77. The van der Waals surface area contributed by atoms with Crippen LogP contribution < -0.4 is 5.32 Å². The van der Waals surface area contributed by atoms with Crippen molar-refractivity contribution in [2.75, 3.05) is 19.8 Å². The Morgan fingerprint density at radius 2 is 2.32 bits per heavy atom. The second-order valence-electron chi connectivity index (χ2n) is 6.54. The molecule has 2 heterocycles. The van der Waals surface area contributed by atoms with E-state index in [1.165, 1.54) is 12.1 Å². The highest BCUT2D eigenvalue weighted by Crippen LogP contribution is 2.31. The van der Waals surface area contributed by atoms with E-state index in [1.807, 2.05) is 4.90 Å². The van der Waals surface area contributed by atoms with Crippen molar-refractivity contribution < 1.29 is 18.7 Å². The highest BCUT2D eigenvalue weighted by Gasteiger charge is 2.41. The van der Waals surface area contributed by atoms with Crippen LogP contribution in [0.2, 0.25) is 0 Å². The maximum atomic E-state index is 13.2. The average Bonchev–Trinajstić information content (AvgIpc) is 3.03. The van der Waals surface area contributed by atoms with Crippen LogP contribution in [-0.2, 0) is 16.0 Å². The number of likely N-dealkylation sites (tertiary alicyclic amines) is 1. The minimum atomic E-state index is -0.293. The normalized spacial score (nSPS) is 25.5. The zero-order chi connectivity index (χ0) is 17.6. The Morgan fingerprint density at radius 3 is 3.12 bits per heavy atom. The van der Waals surface area contributed by atoms with Gasteiger partial charge in [-0.1, -0.05) is 18.2 Å². The first-order chi connectivity index (χ1) is 12.2. The van der Waals surface area contributed by atoms with Crippen molar-refractivity contribution in [3.05, 3.63) is 48.3 Å². The number of urea groups is 1. The topological polar surface area (TPSA) is 50.8 Å². The van der Waals surface area contributed by atoms with Gasteiger partial charge in [0.15, 0.2) is 0 Å². The molecule has 2 saturated heterocycles. The van der Waals surface area contributed by atoms with E-state index in [0.717, 1.165) is 24.8 Å². The summed E-state index contributed by atoms with van der Waals surface area (Å²) in [5.41, 5.74) is 0.753. The largest absolute Gasteiger partial charge is 0.375 e. The quantitative estimate of drug-likeness (QED) is 0.635. The van der Waals surface area contributed by atoms with Gasteiger partial charge in [-0.2, -0.15) is 0 Å². The Hall–Kier alpha value is -1.92. The van der Waals surface area contributed by atoms with Gasteiger partial charge in [0, 0.05) is 13.1 Å². The number of rotatable bonds is 6. The number of benzene rings is 1. The summed E-state index contributed by atoms with van der Waals surface area (Å²) in [5.74, 6) is -0.293. The van der Waals surface area contributed by atoms with E-state index in [0.29, 0.717) is 26.3 Å². The number of halogens is 1. The molecule has 0 saturated carbocycles. The van der Waals surface area contributed by atoms with Gasteiger partial charge in [-0.3, -0.25) is 0 Å². The van der Waals surface area contributed by atoms with Crippen molar-refractivity contribution in [2.45, 2.75) is 44.1 Å². The lowest BCUT2D eigenvalue weighted by Gasteiger charge is -2.35. The van der Waals surface area contributed by atoms with Crippen LogP contribution in [0.25, 0.3) is 0 Å². The van der Waals surface area contributed by atoms with E-state index in [-0.39, 0.29) is 30.1 Å². The summed E-state index contributed by atoms with van der Waals surface area (Å²) in [7, 11) is 0. The Balaban J connectivity index is 1.48. The first kappa shape index (κ1) is 17.9. The standard InChI is InChI=1S/C19H25FN2O3/c1-2-10-24-13-16-6-7-17-18(25-16)8-9-22(17)19(23)21-12-14-4-3-5-15(20)11-14/h2-5,11,16-18H,1,6-10,12-13H2,(H,21,23)/t16-,17?,18?/m1/s1. The number of nitrogens with zero attached hydrogens (tertiary/aromatic N) is 1. The van der Waals surface area contributed by atoms with Crippen molar-refractivity contribution in [1.29, 1.82) is 0 Å². The third kappa shape index (κ3) is 4.58. The summed E-state index contributed by atoms with van der Waals surface area (Å²) >= 11 is 0. The SMILES string of the molecule is C=CCOC[C@H]1CCC2C(CCN2C(=O)NCc2cccc(F)c2)O1. The Kier molecular flexibility index (Phi) is 6.04. The second kappa shape index (κ2) is 8.45. The lowest BCUT2D eigenvalue weighted by atomic mass is 9.99. The molecule has 1 aromatic carbocycles. The van der Waals surface area contributed by atoms with Crippen LogP contribution in [0.1, 0.15) is 24.8 Å². The second-order valence-corrected chi connectivity index (χ2v) is 6.54. The predicted molar refractivity (Wildman–Crippen MR) is 92.7 cm³/mol. The van der Waals surface area contributed by atoms with Crippen molar-refractivity contribution in [3.8, 4) is 0 Å². The summed E-state index contributed by atoms with van der Waals surface area (Å²) in [6.07, 6.45) is 4.54. The third-order valence-corrected chi connectivity index (χ3v) is 4.77. The smallest absolute Gasteiger partial charge is 0.318 e. The van der Waals surface area contributed by atoms with Gasteiger partial charge in [-0.05, 0) is 37.0 Å². The van der Waals surface area contributed by atoms with Gasteiger partial charge in [0.05, 0.1) is 31.5 Å². The molecule has 6 heteroatoms. The molecule has 2 fully saturated rings. The molecule has 0 radical (unpaired) electrons. The van der Waals surface area contributed by atoms with Gasteiger partial charge < -0.3 is 19.7 Å². The van der Waals surface area contributed by atoms with Crippen LogP contribution in [-0.4, -0.2) is 48.9 Å². The monoisotopic (exact) mass is 348 g/mol. The van der Waals surface area contributed by atoms with E-state index >= 15 is 0 Å². The van der Waals surface area contributed by atoms with Crippen LogP contribution >= 0.6 is 0 Å². The molecule has 1 N–H and O–H groups in total. The van der Waals surface area contributed by atoms with Crippen LogP contribution in [0.15, 0.2) is 36.9 Å². The maximum absolute atomic E-state index is 13.2. The fourth-order valence-corrected chi connectivity index (χ4v) is 3.58. The zero-order valence-corrected chi connectivity index (χ0v) is 14.3. The van der Waals surface area contributed by atoms with Gasteiger partial charge in [-0.25, -0.2) is 9.18 Å². The molecule has 5 nitrogen and oxygen atoms in total. The number of hydrogen-bond acceptors (Lipinski definition) is 3. The minimum Gasteiger partial charge on any atom is -0.375 e. The number of carbonyl (C=O) groups excluding carboxylic acids is 1. The molecule has 3 rings (SSSR count). The Bertz CT molecular complexity index is 610. The summed E-state index contributed by atoms with van der Waals surface area (Å²) in [4.78, 5) is 14.3. The van der Waals surface area contributed by atoms with Crippen molar-refractivity contribution in [2.24, 2.45) is 0 Å². The summed E-state index contributed by atoms with van der Waals surface area (Å²) in [5, 5.41) is 2.88. The molecule has 2 unspecified atom stereocenters. The molecule has 1 aromatic rings. The van der Waals surface area contributed by atoms with E-state index in [1.54, 1.807) is 18.2 Å². The molecule has 2 aliphatic heterocycles. The highest BCUT2D eigenvalue weighted by atomic mass is 19.1. The molecule has 3 atom stereocenters. The van der Waals surface area contributed by atoms with Gasteiger partial charge in [0.25, 0.3) is 0 Å². The summed E-state index contributed by atoms with van der Waals surface area (Å²) in [6, 6.07) is 6.28. The van der Waals surface area contributed by atoms with Crippen LogP contribution in [0.3, 0.4) is 0 Å². The van der Waals surface area contributed by atoms with E-state index in [2.05, 4.69) is 11.9 Å². The summed E-state index contributed by atoms with van der Waals surface area (Å²) < 4.78 is 24.8. The van der Waals surface area contributed by atoms with Crippen molar-refractivity contribution >= 4 is 6.03 Å². The van der Waals surface area contributed by atoms with E-state index in [9.17, 15) is 9.18 Å². The van der Waals surface area contributed by atoms with Crippen LogP contribution in [0.5, 0.6) is 0 Å². The van der Waals surface area contributed by atoms with Gasteiger partial charge in [0.1, 0.15) is 5.82 Å². The first-order valence-corrected chi connectivity index (χ1v) is 8.80. The van der Waals surface area contributed by atoms with E-state index in [4.69, 9.17) is 9.47 Å². The molecule has 2 aliphatic rings. The number of hydrogen-bond donors (Lipinski definition) is 1. The number of fused-ring (bicyclic) bond motifs is 1. The minimum absolute atomic E-state index is 0.0750. The number of carbonyl (C=O) groups is 1. The van der Waals surface area contributed by atoms with Gasteiger partial charge >= 0.3 is 6.03 Å². The first-order valence-electron chi connectivity index (χ1n) is 8.80. The highest BCUT2D eigenvalue weighted by molar-refractivity contribution is 5.75. The average molecular weight is 348 g/mol. The lowest BCUT2D eigenvalue weighted by Crippen LogP contribution is -2.48. The number of amides is 2. The molecule has 0 aromatic heterocycles. The molecule has 0 spiro atoms. The fourth-order valence-electron chi connectivity index (χ4n) is 3.58. The Labute approximate surface area is 147 Å². The Morgan fingerprint density at radius 1 is 1.44 bits per heavy atom. The molecule has 25 heavy (non-hydrogen) atoms. The molecule has 136 valence electrons. The number of ether oxygens (including phenoxy) is 2. The summed E-state index contributed by atoms with van der Waals surface area (Å²) in [6.45, 7) is 5.74. The van der Waals surface area contributed by atoms with Crippen molar-refractivity contribution in [3.63, 3.8) is 0 Å². The molecular formula is C19H25FN2O3. The predicted octanol–water partition coefficient (Wildman–Crippen LogP) is 2.86. The van der Waals surface area contributed by atoms with Gasteiger partial charge in [0.2, 0.25) is 0 Å². The molecule has 0 aliphatic carbocycles. The van der Waals surface area contributed by atoms with Crippen molar-refractivity contribution in [1.82, 2.24) is 10.2 Å². The fraction of sp³-hybridized carbons (Fsp3) is 0.526. The number of nitrogens with one attached hydrogen (secondary N) is 1. The van der Waals surface area contributed by atoms with E-state index < -0.39 is 0 Å². The maximum Gasteiger partial charge on any atom is 0.318 e. The lowest BCUT2D eigenvalue weighted by molar-refractivity contribution is -0.0930. The van der Waals surface area contributed by atoms with Crippen LogP contribution in [0.4, 0.5) is 9.18 Å². The molecule has 2 amide bonds.